The van der Waals surface area contributed by atoms with Gasteiger partial charge in [0.2, 0.25) is 0 Å². The largest absolute Gasteiger partial charge is 0.496 e. The Morgan fingerprint density at radius 1 is 1.08 bits per heavy atom. The molecule has 0 saturated heterocycles. The van der Waals surface area contributed by atoms with Gasteiger partial charge in [0.05, 0.1) is 26.4 Å². The highest BCUT2D eigenvalue weighted by Gasteiger charge is 2.16. The van der Waals surface area contributed by atoms with Gasteiger partial charge in [-0.1, -0.05) is 29.8 Å². The standard InChI is InChI=1S/C19H24ClNO3/c1-13(15-6-9-19(24-3)16(10-15)12-23-2)21-18(11-22)14-4-7-17(20)8-5-14/h4-10,13,18,21-22H,11-12H2,1-3H3. The summed E-state index contributed by atoms with van der Waals surface area (Å²) in [7, 11) is 3.31. The summed E-state index contributed by atoms with van der Waals surface area (Å²) in [5, 5.41) is 13.9. The summed E-state index contributed by atoms with van der Waals surface area (Å²) < 4.78 is 10.6. The minimum Gasteiger partial charge on any atom is -0.496 e. The molecule has 2 atom stereocenters. The van der Waals surface area contributed by atoms with Crippen molar-refractivity contribution in [2.24, 2.45) is 0 Å². The van der Waals surface area contributed by atoms with Gasteiger partial charge in [0, 0.05) is 23.7 Å². The van der Waals surface area contributed by atoms with Crippen molar-refractivity contribution in [3.8, 4) is 5.75 Å². The second-order valence-electron chi connectivity index (χ2n) is 5.68. The zero-order valence-electron chi connectivity index (χ0n) is 14.3. The first kappa shape index (κ1) is 18.7. The van der Waals surface area contributed by atoms with E-state index in [0.717, 1.165) is 22.4 Å². The van der Waals surface area contributed by atoms with Gasteiger partial charge in [-0.2, -0.15) is 0 Å². The fourth-order valence-electron chi connectivity index (χ4n) is 2.68. The maximum atomic E-state index is 9.73. The van der Waals surface area contributed by atoms with E-state index in [1.807, 2.05) is 36.4 Å². The lowest BCUT2D eigenvalue weighted by atomic mass is 10.0. The van der Waals surface area contributed by atoms with Crippen molar-refractivity contribution in [3.05, 3.63) is 64.2 Å². The van der Waals surface area contributed by atoms with Gasteiger partial charge < -0.3 is 19.9 Å². The topological polar surface area (TPSA) is 50.7 Å². The Morgan fingerprint density at radius 2 is 1.75 bits per heavy atom. The van der Waals surface area contributed by atoms with Crippen molar-refractivity contribution in [2.45, 2.75) is 25.6 Å². The van der Waals surface area contributed by atoms with Crippen LogP contribution in [0, 0.1) is 0 Å². The quantitative estimate of drug-likeness (QED) is 0.759. The number of hydrogen-bond acceptors (Lipinski definition) is 4. The summed E-state index contributed by atoms with van der Waals surface area (Å²) in [6, 6.07) is 13.4. The van der Waals surface area contributed by atoms with E-state index in [1.165, 1.54) is 0 Å². The molecule has 2 unspecified atom stereocenters. The van der Waals surface area contributed by atoms with Gasteiger partial charge >= 0.3 is 0 Å². The predicted molar refractivity (Wildman–Crippen MR) is 96.5 cm³/mol. The van der Waals surface area contributed by atoms with E-state index in [9.17, 15) is 5.11 Å². The lowest BCUT2D eigenvalue weighted by Gasteiger charge is -2.23. The molecule has 0 aliphatic heterocycles. The van der Waals surface area contributed by atoms with Crippen molar-refractivity contribution in [2.75, 3.05) is 20.8 Å². The molecule has 0 spiro atoms. The number of halogens is 1. The SMILES string of the molecule is COCc1cc(C(C)NC(CO)c2ccc(Cl)cc2)ccc1OC. The zero-order chi connectivity index (χ0) is 17.5. The molecule has 0 amide bonds. The van der Waals surface area contributed by atoms with E-state index in [2.05, 4.69) is 18.3 Å². The number of rotatable bonds is 8. The fraction of sp³-hybridized carbons (Fsp3) is 0.368. The third-order valence-corrected chi connectivity index (χ3v) is 4.26. The molecule has 0 aromatic heterocycles. The van der Waals surface area contributed by atoms with Gasteiger partial charge in [0.15, 0.2) is 0 Å². The van der Waals surface area contributed by atoms with E-state index >= 15 is 0 Å². The van der Waals surface area contributed by atoms with E-state index in [4.69, 9.17) is 21.1 Å². The Kier molecular flexibility index (Phi) is 7.06. The molecular formula is C19H24ClNO3. The Balaban J connectivity index is 2.16. The van der Waals surface area contributed by atoms with Crippen molar-refractivity contribution >= 4 is 11.6 Å². The van der Waals surface area contributed by atoms with Gasteiger partial charge in [0.1, 0.15) is 5.75 Å². The minimum absolute atomic E-state index is 0.00700. The van der Waals surface area contributed by atoms with Crippen LogP contribution < -0.4 is 10.1 Å². The number of aliphatic hydroxyl groups is 1. The van der Waals surface area contributed by atoms with Gasteiger partial charge in [-0.25, -0.2) is 0 Å². The lowest BCUT2D eigenvalue weighted by molar-refractivity contribution is 0.181. The number of benzene rings is 2. The first-order valence-corrected chi connectivity index (χ1v) is 8.25. The smallest absolute Gasteiger partial charge is 0.124 e. The zero-order valence-corrected chi connectivity index (χ0v) is 15.0. The molecule has 0 saturated carbocycles. The summed E-state index contributed by atoms with van der Waals surface area (Å²) in [4.78, 5) is 0. The molecule has 0 fully saturated rings. The van der Waals surface area contributed by atoms with E-state index in [1.54, 1.807) is 14.2 Å². The molecule has 5 heteroatoms. The maximum Gasteiger partial charge on any atom is 0.124 e. The van der Waals surface area contributed by atoms with Gasteiger partial charge in [0.25, 0.3) is 0 Å². The van der Waals surface area contributed by atoms with Crippen LogP contribution in [0.4, 0.5) is 0 Å². The van der Waals surface area contributed by atoms with Crippen LogP contribution in [0.25, 0.3) is 0 Å². The second-order valence-corrected chi connectivity index (χ2v) is 6.12. The average molecular weight is 350 g/mol. The molecule has 0 aliphatic carbocycles. The third-order valence-electron chi connectivity index (χ3n) is 4.01. The van der Waals surface area contributed by atoms with Gasteiger partial charge in [-0.3, -0.25) is 0 Å². The van der Waals surface area contributed by atoms with Crippen molar-refractivity contribution in [1.82, 2.24) is 5.32 Å². The highest BCUT2D eigenvalue weighted by molar-refractivity contribution is 6.30. The normalized spacial score (nSPS) is 13.5. The van der Waals surface area contributed by atoms with Crippen molar-refractivity contribution in [1.29, 1.82) is 0 Å². The molecule has 4 nitrogen and oxygen atoms in total. The molecule has 2 aromatic rings. The number of aliphatic hydroxyl groups excluding tert-OH is 1. The third kappa shape index (κ3) is 4.71. The maximum absolute atomic E-state index is 9.73. The molecule has 2 aromatic carbocycles. The van der Waals surface area contributed by atoms with E-state index < -0.39 is 0 Å². The van der Waals surface area contributed by atoms with E-state index in [0.29, 0.717) is 11.6 Å². The highest BCUT2D eigenvalue weighted by atomic mass is 35.5. The van der Waals surface area contributed by atoms with Crippen molar-refractivity contribution in [3.63, 3.8) is 0 Å². The molecule has 2 rings (SSSR count). The monoisotopic (exact) mass is 349 g/mol. The molecule has 0 heterocycles. The molecule has 24 heavy (non-hydrogen) atoms. The van der Waals surface area contributed by atoms with Crippen LogP contribution in [0.3, 0.4) is 0 Å². The second kappa shape index (κ2) is 9.04. The van der Waals surface area contributed by atoms with Crippen LogP contribution >= 0.6 is 11.6 Å². The summed E-state index contributed by atoms with van der Waals surface area (Å²) in [5.74, 6) is 0.809. The Bertz CT molecular complexity index is 646. The highest BCUT2D eigenvalue weighted by Crippen LogP contribution is 2.26. The average Bonchev–Trinajstić information content (AvgIpc) is 2.60. The molecule has 0 radical (unpaired) electrons. The Labute approximate surface area is 148 Å². The van der Waals surface area contributed by atoms with Crippen LogP contribution in [0.5, 0.6) is 5.75 Å². The Hall–Kier alpha value is -1.59. The number of nitrogens with one attached hydrogen (secondary N) is 1. The van der Waals surface area contributed by atoms with E-state index in [-0.39, 0.29) is 18.7 Å². The predicted octanol–water partition coefficient (Wildman–Crippen LogP) is 3.88. The van der Waals surface area contributed by atoms with Crippen LogP contribution in [0.15, 0.2) is 42.5 Å². The fourth-order valence-corrected chi connectivity index (χ4v) is 2.81. The first-order chi connectivity index (χ1) is 11.6. The van der Waals surface area contributed by atoms with Crippen LogP contribution in [-0.4, -0.2) is 25.9 Å². The summed E-state index contributed by atoms with van der Waals surface area (Å²) in [5.41, 5.74) is 3.10. The Morgan fingerprint density at radius 3 is 2.33 bits per heavy atom. The first-order valence-electron chi connectivity index (χ1n) is 7.87. The van der Waals surface area contributed by atoms with Gasteiger partial charge in [-0.05, 0) is 42.3 Å². The van der Waals surface area contributed by atoms with Crippen LogP contribution in [-0.2, 0) is 11.3 Å². The molecule has 130 valence electrons. The van der Waals surface area contributed by atoms with Crippen LogP contribution in [0.1, 0.15) is 35.7 Å². The van der Waals surface area contributed by atoms with Gasteiger partial charge in [-0.15, -0.1) is 0 Å². The number of hydrogen-bond donors (Lipinski definition) is 2. The molecule has 0 aliphatic rings. The van der Waals surface area contributed by atoms with Crippen molar-refractivity contribution < 1.29 is 14.6 Å². The molecule has 0 bridgehead atoms. The molecule has 2 N–H and O–H groups in total. The number of ether oxygens (including phenoxy) is 2. The van der Waals surface area contributed by atoms with Crippen LogP contribution in [0.2, 0.25) is 5.02 Å². The number of methoxy groups -OCH3 is 2. The summed E-state index contributed by atoms with van der Waals surface area (Å²) in [6.07, 6.45) is 0. The molecular weight excluding hydrogens is 326 g/mol. The minimum atomic E-state index is -0.162. The summed E-state index contributed by atoms with van der Waals surface area (Å²) >= 11 is 5.93. The lowest BCUT2D eigenvalue weighted by Crippen LogP contribution is -2.27. The summed E-state index contributed by atoms with van der Waals surface area (Å²) in [6.45, 7) is 2.56.